The van der Waals surface area contributed by atoms with E-state index in [0.717, 1.165) is 12.8 Å². The number of urea groups is 1. The Kier molecular flexibility index (Phi) is 7.34. The van der Waals surface area contributed by atoms with Gasteiger partial charge in [0, 0.05) is 19.6 Å². The fourth-order valence-electron chi connectivity index (χ4n) is 1.74. The van der Waals surface area contributed by atoms with Gasteiger partial charge in [-0.05, 0) is 19.3 Å². The zero-order chi connectivity index (χ0) is 13.4. The smallest absolute Gasteiger partial charge is 0.317 e. The van der Waals surface area contributed by atoms with Gasteiger partial charge in [0.15, 0.2) is 0 Å². The maximum atomic E-state index is 11.8. The van der Waals surface area contributed by atoms with Crippen molar-refractivity contribution in [2.75, 3.05) is 13.6 Å². The van der Waals surface area contributed by atoms with E-state index in [1.54, 1.807) is 18.9 Å². The quantitative estimate of drug-likeness (QED) is 0.719. The molecule has 0 aliphatic heterocycles. The Morgan fingerprint density at radius 3 is 2.06 bits per heavy atom. The molecule has 5 heteroatoms. The number of nitrogens with one attached hydrogen (secondary N) is 1. The summed E-state index contributed by atoms with van der Waals surface area (Å²) in [5.74, 6) is -1.37. The second kappa shape index (κ2) is 7.92. The number of rotatable bonds is 7. The highest BCUT2D eigenvalue weighted by molar-refractivity contribution is 5.76. The molecule has 0 saturated heterocycles. The van der Waals surface area contributed by atoms with Gasteiger partial charge in [0.25, 0.3) is 0 Å². The van der Waals surface area contributed by atoms with E-state index in [-0.39, 0.29) is 18.6 Å². The summed E-state index contributed by atoms with van der Waals surface area (Å²) >= 11 is 0. The highest BCUT2D eigenvalue weighted by Gasteiger charge is 2.19. The zero-order valence-electron chi connectivity index (χ0n) is 11.2. The topological polar surface area (TPSA) is 69.6 Å². The number of carboxylic acids is 1. The molecule has 17 heavy (non-hydrogen) atoms. The first kappa shape index (κ1) is 15.7. The van der Waals surface area contributed by atoms with Gasteiger partial charge >= 0.3 is 12.0 Å². The second-order valence-corrected chi connectivity index (χ2v) is 4.21. The van der Waals surface area contributed by atoms with E-state index in [2.05, 4.69) is 5.32 Å². The third-order valence-corrected chi connectivity index (χ3v) is 3.15. The molecule has 100 valence electrons. The summed E-state index contributed by atoms with van der Waals surface area (Å²) in [5.41, 5.74) is 0. The molecule has 0 radical (unpaired) electrons. The normalized spacial score (nSPS) is 12.3. The van der Waals surface area contributed by atoms with Crippen LogP contribution in [0.15, 0.2) is 0 Å². The molecule has 1 atom stereocenters. The van der Waals surface area contributed by atoms with Crippen molar-refractivity contribution in [2.45, 2.75) is 46.1 Å². The molecule has 2 amide bonds. The van der Waals surface area contributed by atoms with Crippen LogP contribution in [0.2, 0.25) is 0 Å². The van der Waals surface area contributed by atoms with Crippen LogP contribution in [0.4, 0.5) is 4.79 Å². The minimum absolute atomic E-state index is 0.190. The van der Waals surface area contributed by atoms with Crippen LogP contribution in [-0.4, -0.2) is 41.6 Å². The number of aliphatic carboxylic acids is 1. The molecule has 0 spiro atoms. The van der Waals surface area contributed by atoms with Crippen molar-refractivity contribution in [1.29, 1.82) is 0 Å². The Balaban J connectivity index is 4.21. The standard InChI is InChI=1S/C12H24N2O3/c1-5-9(11(15)16)8-13-12(17)14(4)10(6-2)7-3/h9-10H,5-8H2,1-4H3,(H,13,17)(H,15,16). The van der Waals surface area contributed by atoms with Crippen molar-refractivity contribution < 1.29 is 14.7 Å². The van der Waals surface area contributed by atoms with Crippen LogP contribution < -0.4 is 5.32 Å². The van der Waals surface area contributed by atoms with Crippen LogP contribution in [0.5, 0.6) is 0 Å². The third kappa shape index (κ3) is 5.06. The molecule has 0 aromatic carbocycles. The molecular weight excluding hydrogens is 220 g/mol. The minimum Gasteiger partial charge on any atom is -0.481 e. The van der Waals surface area contributed by atoms with Crippen molar-refractivity contribution in [2.24, 2.45) is 5.92 Å². The van der Waals surface area contributed by atoms with E-state index >= 15 is 0 Å². The lowest BCUT2D eigenvalue weighted by molar-refractivity contribution is -0.141. The first-order valence-corrected chi connectivity index (χ1v) is 6.21. The van der Waals surface area contributed by atoms with Gasteiger partial charge in [-0.3, -0.25) is 4.79 Å². The average molecular weight is 244 g/mol. The molecule has 0 rings (SSSR count). The molecule has 5 nitrogen and oxygen atoms in total. The minimum atomic E-state index is -0.863. The summed E-state index contributed by atoms with van der Waals surface area (Å²) in [6, 6.07) is 0.0123. The lowest BCUT2D eigenvalue weighted by Crippen LogP contribution is -2.45. The zero-order valence-corrected chi connectivity index (χ0v) is 11.2. The number of hydrogen-bond donors (Lipinski definition) is 2. The lowest BCUT2D eigenvalue weighted by atomic mass is 10.1. The summed E-state index contributed by atoms with van der Waals surface area (Å²) in [7, 11) is 1.74. The Morgan fingerprint density at radius 2 is 1.71 bits per heavy atom. The number of amides is 2. The van der Waals surface area contributed by atoms with E-state index < -0.39 is 11.9 Å². The van der Waals surface area contributed by atoms with Gasteiger partial charge in [-0.2, -0.15) is 0 Å². The Bertz CT molecular complexity index is 252. The number of hydrogen-bond acceptors (Lipinski definition) is 2. The van der Waals surface area contributed by atoms with Crippen molar-refractivity contribution in [3.63, 3.8) is 0 Å². The van der Waals surface area contributed by atoms with E-state index in [1.807, 2.05) is 13.8 Å². The molecule has 0 aromatic rings. The molecule has 1 unspecified atom stereocenters. The number of carboxylic acid groups (broad SMARTS) is 1. The largest absolute Gasteiger partial charge is 0.481 e. The maximum absolute atomic E-state index is 11.8. The van der Waals surface area contributed by atoms with E-state index in [1.165, 1.54) is 0 Å². The SMILES string of the molecule is CCC(CNC(=O)N(C)C(CC)CC)C(=O)O. The Hall–Kier alpha value is -1.26. The van der Waals surface area contributed by atoms with Gasteiger partial charge in [-0.1, -0.05) is 20.8 Å². The van der Waals surface area contributed by atoms with Crippen LogP contribution >= 0.6 is 0 Å². The number of nitrogens with zero attached hydrogens (tertiary/aromatic N) is 1. The van der Waals surface area contributed by atoms with E-state index in [9.17, 15) is 9.59 Å². The fourth-order valence-corrected chi connectivity index (χ4v) is 1.74. The van der Waals surface area contributed by atoms with Crippen molar-refractivity contribution in [1.82, 2.24) is 10.2 Å². The summed E-state index contributed by atoms with van der Waals surface area (Å²) in [6.07, 6.45) is 2.32. The molecule has 0 fully saturated rings. The van der Waals surface area contributed by atoms with E-state index in [0.29, 0.717) is 6.42 Å². The molecule has 0 aromatic heterocycles. The second-order valence-electron chi connectivity index (χ2n) is 4.21. The molecule has 0 saturated carbocycles. The highest BCUT2D eigenvalue weighted by atomic mass is 16.4. The van der Waals surface area contributed by atoms with Gasteiger partial charge in [0.05, 0.1) is 5.92 Å². The highest BCUT2D eigenvalue weighted by Crippen LogP contribution is 2.06. The average Bonchev–Trinajstić information content (AvgIpc) is 2.30. The third-order valence-electron chi connectivity index (χ3n) is 3.15. The summed E-state index contributed by atoms with van der Waals surface area (Å²) < 4.78 is 0. The van der Waals surface area contributed by atoms with Gasteiger partial charge in [-0.25, -0.2) is 4.79 Å². The van der Waals surface area contributed by atoms with Gasteiger partial charge in [0.1, 0.15) is 0 Å². The van der Waals surface area contributed by atoms with E-state index in [4.69, 9.17) is 5.11 Å². The number of carbonyl (C=O) groups is 2. The van der Waals surface area contributed by atoms with Crippen LogP contribution in [0.1, 0.15) is 40.0 Å². The monoisotopic (exact) mass is 244 g/mol. The summed E-state index contributed by atoms with van der Waals surface area (Å²) in [4.78, 5) is 24.2. The van der Waals surface area contributed by atoms with Crippen LogP contribution in [0.25, 0.3) is 0 Å². The van der Waals surface area contributed by atoms with Gasteiger partial charge < -0.3 is 15.3 Å². The fraction of sp³-hybridized carbons (Fsp3) is 0.833. The maximum Gasteiger partial charge on any atom is 0.317 e. The van der Waals surface area contributed by atoms with Crippen molar-refractivity contribution in [3.05, 3.63) is 0 Å². The van der Waals surface area contributed by atoms with Crippen molar-refractivity contribution >= 4 is 12.0 Å². The van der Waals surface area contributed by atoms with Crippen LogP contribution in [-0.2, 0) is 4.79 Å². The molecular formula is C12H24N2O3. The Labute approximate surface area is 103 Å². The van der Waals surface area contributed by atoms with Crippen LogP contribution in [0.3, 0.4) is 0 Å². The van der Waals surface area contributed by atoms with Crippen LogP contribution in [0, 0.1) is 5.92 Å². The molecule has 0 bridgehead atoms. The summed E-state index contributed by atoms with van der Waals surface area (Å²) in [5, 5.41) is 11.5. The first-order chi connectivity index (χ1) is 7.97. The predicted molar refractivity (Wildman–Crippen MR) is 66.9 cm³/mol. The van der Waals surface area contributed by atoms with Gasteiger partial charge in [0.2, 0.25) is 0 Å². The first-order valence-electron chi connectivity index (χ1n) is 6.21. The number of carbonyl (C=O) groups excluding carboxylic acids is 1. The lowest BCUT2D eigenvalue weighted by Gasteiger charge is -2.27. The molecule has 2 N–H and O–H groups in total. The van der Waals surface area contributed by atoms with Gasteiger partial charge in [-0.15, -0.1) is 0 Å². The predicted octanol–water partition coefficient (Wildman–Crippen LogP) is 1.93. The Morgan fingerprint density at radius 1 is 1.18 bits per heavy atom. The molecule has 0 aliphatic carbocycles. The van der Waals surface area contributed by atoms with Crippen molar-refractivity contribution in [3.8, 4) is 0 Å². The molecule has 0 heterocycles. The molecule has 0 aliphatic rings. The summed E-state index contributed by atoms with van der Waals surface area (Å²) in [6.45, 7) is 6.05.